The fourth-order valence-corrected chi connectivity index (χ4v) is 2.09. The number of aryl methyl sites for hydroxylation is 1. The Labute approximate surface area is 121 Å². The van der Waals surface area contributed by atoms with Crippen molar-refractivity contribution in [3.63, 3.8) is 0 Å². The highest BCUT2D eigenvalue weighted by molar-refractivity contribution is 5.85. The molecule has 0 aromatic carbocycles. The van der Waals surface area contributed by atoms with E-state index in [9.17, 15) is 0 Å². The Kier molecular flexibility index (Phi) is 7.52. The monoisotopic (exact) mass is 292 g/mol. The van der Waals surface area contributed by atoms with Crippen LogP contribution in [0.4, 0.5) is 5.82 Å². The summed E-state index contributed by atoms with van der Waals surface area (Å²) < 4.78 is 0. The maximum Gasteiger partial charge on any atom is 0.132 e. The van der Waals surface area contributed by atoms with Gasteiger partial charge in [0.25, 0.3) is 0 Å². The molecule has 104 valence electrons. The quantitative estimate of drug-likeness (QED) is 0.909. The smallest absolute Gasteiger partial charge is 0.132 e. The van der Waals surface area contributed by atoms with Crippen molar-refractivity contribution in [1.29, 1.82) is 0 Å². The fourth-order valence-electron chi connectivity index (χ4n) is 2.09. The summed E-state index contributed by atoms with van der Waals surface area (Å²) in [7, 11) is 4.03. The molecule has 1 unspecified atom stereocenters. The second kappa shape index (κ2) is 7.77. The van der Waals surface area contributed by atoms with E-state index in [1.165, 1.54) is 19.3 Å². The zero-order valence-electron chi connectivity index (χ0n) is 11.1. The number of hydrogen-bond donors (Lipinski definition) is 1. The number of piperidine rings is 1. The Hall–Kier alpha value is -0.580. The number of anilines is 1. The molecule has 2 heterocycles. The number of nitrogens with one attached hydrogen (secondary N) is 1. The Balaban J connectivity index is 0.00000144. The molecular weight excluding hydrogens is 271 g/mol. The normalized spacial score (nSPS) is 18.5. The summed E-state index contributed by atoms with van der Waals surface area (Å²) >= 11 is 0. The van der Waals surface area contributed by atoms with Gasteiger partial charge in [0.2, 0.25) is 0 Å². The Morgan fingerprint density at radius 3 is 2.50 bits per heavy atom. The first-order valence-electron chi connectivity index (χ1n) is 5.93. The summed E-state index contributed by atoms with van der Waals surface area (Å²) in [5, 5.41) is 3.52. The van der Waals surface area contributed by atoms with E-state index >= 15 is 0 Å². The molecule has 1 aliphatic heterocycles. The van der Waals surface area contributed by atoms with Crippen LogP contribution in [0.3, 0.4) is 0 Å². The molecule has 1 N–H and O–H groups in total. The molecule has 0 aliphatic carbocycles. The molecule has 2 rings (SSSR count). The zero-order valence-corrected chi connectivity index (χ0v) is 12.8. The van der Waals surface area contributed by atoms with Crippen LogP contribution in [0.15, 0.2) is 6.07 Å². The summed E-state index contributed by atoms with van der Waals surface area (Å²) in [5.41, 5.74) is 1.14. The first-order chi connectivity index (χ1) is 7.66. The van der Waals surface area contributed by atoms with E-state index in [2.05, 4.69) is 21.4 Å². The van der Waals surface area contributed by atoms with E-state index in [-0.39, 0.29) is 24.8 Å². The molecule has 18 heavy (non-hydrogen) atoms. The van der Waals surface area contributed by atoms with Gasteiger partial charge < -0.3 is 10.2 Å². The molecule has 0 radical (unpaired) electrons. The van der Waals surface area contributed by atoms with Crippen molar-refractivity contribution in [2.24, 2.45) is 0 Å². The van der Waals surface area contributed by atoms with E-state index < -0.39 is 0 Å². The van der Waals surface area contributed by atoms with E-state index in [0.29, 0.717) is 6.04 Å². The van der Waals surface area contributed by atoms with Crippen LogP contribution in [-0.2, 0) is 0 Å². The molecule has 0 saturated carbocycles. The van der Waals surface area contributed by atoms with Crippen LogP contribution in [0.5, 0.6) is 0 Å². The number of rotatable bonds is 2. The minimum absolute atomic E-state index is 0. The predicted octanol–water partition coefficient (Wildman–Crippen LogP) is 2.51. The van der Waals surface area contributed by atoms with Gasteiger partial charge in [-0.05, 0) is 26.3 Å². The van der Waals surface area contributed by atoms with Gasteiger partial charge in [-0.25, -0.2) is 9.97 Å². The highest BCUT2D eigenvalue weighted by Crippen LogP contribution is 2.23. The van der Waals surface area contributed by atoms with Gasteiger partial charge in [0.15, 0.2) is 0 Å². The van der Waals surface area contributed by atoms with Crippen LogP contribution in [0.1, 0.15) is 36.8 Å². The second-order valence-electron chi connectivity index (χ2n) is 4.60. The van der Waals surface area contributed by atoms with Gasteiger partial charge in [-0.2, -0.15) is 0 Å². The third-order valence-corrected chi connectivity index (χ3v) is 2.97. The first kappa shape index (κ1) is 17.4. The minimum Gasteiger partial charge on any atom is -0.363 e. The molecule has 1 fully saturated rings. The van der Waals surface area contributed by atoms with Crippen molar-refractivity contribution < 1.29 is 0 Å². The maximum atomic E-state index is 4.54. The average molecular weight is 293 g/mol. The van der Waals surface area contributed by atoms with Crippen LogP contribution in [-0.4, -0.2) is 30.6 Å². The highest BCUT2D eigenvalue weighted by Gasteiger charge is 2.17. The molecular formula is C12H22Cl2N4. The summed E-state index contributed by atoms with van der Waals surface area (Å²) in [6.45, 7) is 3.06. The van der Waals surface area contributed by atoms with Crippen LogP contribution in [0.2, 0.25) is 0 Å². The van der Waals surface area contributed by atoms with Crippen molar-refractivity contribution in [3.05, 3.63) is 17.6 Å². The molecule has 0 amide bonds. The van der Waals surface area contributed by atoms with Crippen molar-refractivity contribution in [1.82, 2.24) is 15.3 Å². The highest BCUT2D eigenvalue weighted by atomic mass is 35.5. The lowest BCUT2D eigenvalue weighted by Gasteiger charge is -2.24. The largest absolute Gasteiger partial charge is 0.363 e. The van der Waals surface area contributed by atoms with Gasteiger partial charge in [-0.15, -0.1) is 24.8 Å². The van der Waals surface area contributed by atoms with Crippen molar-refractivity contribution >= 4 is 30.6 Å². The zero-order chi connectivity index (χ0) is 11.5. The predicted molar refractivity (Wildman–Crippen MR) is 80.2 cm³/mol. The molecule has 1 saturated heterocycles. The number of hydrogen-bond acceptors (Lipinski definition) is 4. The van der Waals surface area contributed by atoms with Crippen LogP contribution >= 0.6 is 24.8 Å². The van der Waals surface area contributed by atoms with Crippen molar-refractivity contribution in [2.45, 2.75) is 32.2 Å². The lowest BCUT2D eigenvalue weighted by atomic mass is 10.0. The lowest BCUT2D eigenvalue weighted by Crippen LogP contribution is -2.28. The minimum atomic E-state index is 0. The van der Waals surface area contributed by atoms with Gasteiger partial charge in [0.05, 0.1) is 5.69 Å². The van der Waals surface area contributed by atoms with Crippen LogP contribution in [0, 0.1) is 6.92 Å². The lowest BCUT2D eigenvalue weighted by molar-refractivity contribution is 0.404. The summed E-state index contributed by atoms with van der Waals surface area (Å²) in [6.07, 6.45) is 3.75. The first-order valence-corrected chi connectivity index (χ1v) is 5.93. The molecule has 1 aliphatic rings. The number of nitrogens with zero attached hydrogens (tertiary/aromatic N) is 3. The van der Waals surface area contributed by atoms with Gasteiger partial charge >= 0.3 is 0 Å². The molecule has 6 heteroatoms. The standard InChI is InChI=1S/C12H20N4.2ClH/c1-9-14-11(8-12(15-9)16(2)3)10-6-4-5-7-13-10;;/h8,10,13H,4-7H2,1-3H3;2*1H. The van der Waals surface area contributed by atoms with E-state index in [4.69, 9.17) is 0 Å². The Morgan fingerprint density at radius 1 is 1.22 bits per heavy atom. The van der Waals surface area contributed by atoms with Crippen LogP contribution < -0.4 is 10.2 Å². The Bertz CT molecular complexity index is 365. The molecule has 4 nitrogen and oxygen atoms in total. The maximum absolute atomic E-state index is 4.54. The summed E-state index contributed by atoms with van der Waals surface area (Å²) in [5.74, 6) is 1.85. The SMILES string of the molecule is Cc1nc(C2CCCCN2)cc(N(C)C)n1.Cl.Cl. The van der Waals surface area contributed by atoms with Crippen LogP contribution in [0.25, 0.3) is 0 Å². The number of halogens is 2. The van der Waals surface area contributed by atoms with Gasteiger partial charge in [0.1, 0.15) is 11.6 Å². The molecule has 1 aromatic rings. The summed E-state index contributed by atoms with van der Waals surface area (Å²) in [6, 6.07) is 2.50. The molecule has 0 spiro atoms. The van der Waals surface area contributed by atoms with E-state index in [1.807, 2.05) is 25.9 Å². The van der Waals surface area contributed by atoms with Gasteiger partial charge in [-0.3, -0.25) is 0 Å². The fraction of sp³-hybridized carbons (Fsp3) is 0.667. The average Bonchev–Trinajstić information content (AvgIpc) is 2.29. The molecule has 0 bridgehead atoms. The van der Waals surface area contributed by atoms with Gasteiger partial charge in [-0.1, -0.05) is 6.42 Å². The Morgan fingerprint density at radius 2 is 1.94 bits per heavy atom. The van der Waals surface area contributed by atoms with Crippen molar-refractivity contribution in [2.75, 3.05) is 25.5 Å². The second-order valence-corrected chi connectivity index (χ2v) is 4.60. The third kappa shape index (κ3) is 4.26. The summed E-state index contributed by atoms with van der Waals surface area (Å²) in [4.78, 5) is 11.0. The number of aromatic nitrogens is 2. The third-order valence-electron chi connectivity index (χ3n) is 2.97. The van der Waals surface area contributed by atoms with E-state index in [0.717, 1.165) is 23.9 Å². The van der Waals surface area contributed by atoms with Crippen molar-refractivity contribution in [3.8, 4) is 0 Å². The molecule has 1 atom stereocenters. The molecule has 1 aromatic heterocycles. The van der Waals surface area contributed by atoms with E-state index in [1.54, 1.807) is 0 Å². The topological polar surface area (TPSA) is 41.1 Å². The van der Waals surface area contributed by atoms with Gasteiger partial charge in [0, 0.05) is 26.2 Å².